The monoisotopic (exact) mass is 499 g/mol. The third-order valence-corrected chi connectivity index (χ3v) is 4.39. The number of benzene rings is 2. The Labute approximate surface area is 182 Å². The van der Waals surface area contributed by atoms with Gasteiger partial charge in [0.05, 0.1) is 15.5 Å². The molecule has 2 rings (SSSR count). The molecule has 0 aliphatic heterocycles. The zero-order valence-corrected chi connectivity index (χ0v) is 17.6. The largest absolute Gasteiger partial charge is 0.472 e. The number of carbonyl (C=O) groups is 1. The molecule has 0 amide bonds. The minimum Gasteiger partial charge on any atom is -0.472 e. The number of halogens is 4. The molecule has 2 N–H and O–H groups in total. The molecule has 15 heteroatoms. The summed E-state index contributed by atoms with van der Waals surface area (Å²) in [6, 6.07) is 5.38. The number of hydrogen-bond acceptors (Lipinski definition) is 7. The van der Waals surface area contributed by atoms with Crippen molar-refractivity contribution in [3.63, 3.8) is 0 Å². The first-order valence-electron chi connectivity index (χ1n) is 8.38. The smallest absolute Gasteiger partial charge is 0.416 e. The highest BCUT2D eigenvalue weighted by Gasteiger charge is 2.31. The summed E-state index contributed by atoms with van der Waals surface area (Å²) in [6.07, 6.45) is -7.34. The lowest BCUT2D eigenvalue weighted by atomic mass is 10.2. The molecular formula is C17H14ClF3NO9P. The predicted molar refractivity (Wildman–Crippen MR) is 103 cm³/mol. The number of carbonyl (C=O) groups excluding carboxylic acids is 1. The maximum atomic E-state index is 12.7. The lowest BCUT2D eigenvalue weighted by Gasteiger charge is -2.15. The molecule has 0 saturated heterocycles. The average molecular weight is 500 g/mol. The number of nitro benzene ring substituents is 1. The molecule has 1 atom stereocenters. The SMILES string of the molecule is CC(Oc1cc(Oc2ccc(C(F)(F)F)cc2Cl)ccc1[N+](=O)[O-])C(=O)OCP(=O)(O)O. The summed E-state index contributed by atoms with van der Waals surface area (Å²) in [4.78, 5) is 39.7. The summed E-state index contributed by atoms with van der Waals surface area (Å²) in [7, 11) is -4.64. The molecule has 2 aromatic carbocycles. The van der Waals surface area contributed by atoms with Gasteiger partial charge in [-0.3, -0.25) is 14.7 Å². The second kappa shape index (κ2) is 9.74. The van der Waals surface area contributed by atoms with Crippen LogP contribution in [0.1, 0.15) is 12.5 Å². The van der Waals surface area contributed by atoms with Gasteiger partial charge < -0.3 is 24.0 Å². The van der Waals surface area contributed by atoms with E-state index in [9.17, 15) is 32.6 Å². The number of rotatable bonds is 8. The van der Waals surface area contributed by atoms with Crippen LogP contribution in [0.4, 0.5) is 18.9 Å². The van der Waals surface area contributed by atoms with Crippen molar-refractivity contribution in [3.05, 3.63) is 57.1 Å². The number of nitrogens with zero attached hydrogens (tertiary/aromatic N) is 1. The molecule has 1 unspecified atom stereocenters. The third-order valence-electron chi connectivity index (χ3n) is 3.63. The van der Waals surface area contributed by atoms with Crippen molar-refractivity contribution in [1.29, 1.82) is 0 Å². The van der Waals surface area contributed by atoms with E-state index in [1.54, 1.807) is 0 Å². The van der Waals surface area contributed by atoms with Gasteiger partial charge in [0.15, 0.2) is 12.5 Å². The van der Waals surface area contributed by atoms with E-state index in [2.05, 4.69) is 4.74 Å². The predicted octanol–water partition coefficient (Wildman–Crippen LogP) is 4.51. The van der Waals surface area contributed by atoms with Gasteiger partial charge in [-0.2, -0.15) is 13.2 Å². The summed E-state index contributed by atoms with van der Waals surface area (Å²) < 4.78 is 63.9. The summed E-state index contributed by atoms with van der Waals surface area (Å²) >= 11 is 5.81. The summed E-state index contributed by atoms with van der Waals surface area (Å²) in [5.41, 5.74) is -1.60. The standard InChI is InChI=1S/C17H14ClF3NO9P/c1-9(16(23)29-8-32(26,27)28)30-15-7-11(3-4-13(15)22(24)25)31-14-5-2-10(6-12(14)18)17(19,20)21/h2-7,9H,8H2,1H3,(H2,26,27,28). The second-order valence-electron chi connectivity index (χ2n) is 6.15. The minimum atomic E-state index is -4.64. The van der Waals surface area contributed by atoms with Gasteiger partial charge in [-0.15, -0.1) is 0 Å². The molecule has 2 aromatic rings. The molecule has 32 heavy (non-hydrogen) atoms. The molecule has 0 bridgehead atoms. The van der Waals surface area contributed by atoms with Crippen LogP contribution in [-0.4, -0.2) is 33.1 Å². The quantitative estimate of drug-likeness (QED) is 0.232. The van der Waals surface area contributed by atoms with Crippen LogP contribution in [-0.2, 0) is 20.3 Å². The van der Waals surface area contributed by atoms with Crippen molar-refractivity contribution in [2.24, 2.45) is 0 Å². The Morgan fingerprint density at radius 1 is 1.22 bits per heavy atom. The van der Waals surface area contributed by atoms with Gasteiger partial charge in [-0.25, -0.2) is 4.79 Å². The van der Waals surface area contributed by atoms with Crippen LogP contribution in [0.5, 0.6) is 17.2 Å². The number of esters is 1. The molecule has 0 aromatic heterocycles. The zero-order chi connectivity index (χ0) is 24.3. The van der Waals surface area contributed by atoms with Crippen LogP contribution in [0.15, 0.2) is 36.4 Å². The highest BCUT2D eigenvalue weighted by atomic mass is 35.5. The summed E-state index contributed by atoms with van der Waals surface area (Å²) in [5.74, 6) is -1.99. The highest BCUT2D eigenvalue weighted by molar-refractivity contribution is 7.51. The first-order chi connectivity index (χ1) is 14.7. The van der Waals surface area contributed by atoms with E-state index < -0.39 is 54.1 Å². The van der Waals surface area contributed by atoms with E-state index in [0.717, 1.165) is 37.3 Å². The van der Waals surface area contributed by atoms with Crippen LogP contribution in [0.25, 0.3) is 0 Å². The molecule has 0 fully saturated rings. The number of alkyl halides is 3. The Kier molecular flexibility index (Phi) is 7.73. The van der Waals surface area contributed by atoms with E-state index in [1.165, 1.54) is 0 Å². The van der Waals surface area contributed by atoms with Gasteiger partial charge in [-0.1, -0.05) is 11.6 Å². The van der Waals surface area contributed by atoms with E-state index >= 15 is 0 Å². The first-order valence-corrected chi connectivity index (χ1v) is 10.6. The normalized spacial score (nSPS) is 12.7. The fraction of sp³-hybridized carbons (Fsp3) is 0.235. The number of ether oxygens (including phenoxy) is 3. The fourth-order valence-corrected chi connectivity index (χ4v) is 2.71. The lowest BCUT2D eigenvalue weighted by Crippen LogP contribution is -2.26. The Morgan fingerprint density at radius 3 is 2.41 bits per heavy atom. The summed E-state index contributed by atoms with van der Waals surface area (Å²) in [5, 5.41) is 10.8. The minimum absolute atomic E-state index is 0.122. The molecular weight excluding hydrogens is 486 g/mol. The van der Waals surface area contributed by atoms with Gasteiger partial charge in [0.25, 0.3) is 0 Å². The van der Waals surface area contributed by atoms with Crippen LogP contribution in [0, 0.1) is 10.1 Å². The first kappa shape index (κ1) is 25.4. The Bertz CT molecular complexity index is 1070. The average Bonchev–Trinajstić information content (AvgIpc) is 2.66. The number of hydrogen-bond donors (Lipinski definition) is 2. The van der Waals surface area contributed by atoms with Crippen LogP contribution in [0.3, 0.4) is 0 Å². The van der Waals surface area contributed by atoms with Gasteiger partial charge >= 0.3 is 25.4 Å². The van der Waals surface area contributed by atoms with Gasteiger partial charge in [0, 0.05) is 12.1 Å². The maximum Gasteiger partial charge on any atom is 0.416 e. The molecule has 0 radical (unpaired) electrons. The fourth-order valence-electron chi connectivity index (χ4n) is 2.19. The van der Waals surface area contributed by atoms with Gasteiger partial charge in [0.1, 0.15) is 11.5 Å². The van der Waals surface area contributed by atoms with Crippen molar-refractivity contribution < 1.29 is 51.5 Å². The van der Waals surface area contributed by atoms with Crippen LogP contribution < -0.4 is 9.47 Å². The topological polar surface area (TPSA) is 145 Å². The van der Waals surface area contributed by atoms with Gasteiger partial charge in [-0.05, 0) is 31.2 Å². The molecule has 0 heterocycles. The van der Waals surface area contributed by atoms with Crippen molar-refractivity contribution >= 4 is 30.9 Å². The second-order valence-corrected chi connectivity index (χ2v) is 8.14. The van der Waals surface area contributed by atoms with Crippen molar-refractivity contribution in [1.82, 2.24) is 0 Å². The van der Waals surface area contributed by atoms with Crippen molar-refractivity contribution in [3.8, 4) is 17.2 Å². The molecule has 0 aliphatic carbocycles. The van der Waals surface area contributed by atoms with Crippen molar-refractivity contribution in [2.45, 2.75) is 19.2 Å². The van der Waals surface area contributed by atoms with Crippen LogP contribution in [0.2, 0.25) is 5.02 Å². The maximum absolute atomic E-state index is 12.7. The Balaban J connectivity index is 2.25. The molecule has 0 saturated carbocycles. The number of nitro groups is 1. The lowest BCUT2D eigenvalue weighted by molar-refractivity contribution is -0.386. The van der Waals surface area contributed by atoms with E-state index in [4.69, 9.17) is 30.9 Å². The van der Waals surface area contributed by atoms with E-state index in [-0.39, 0.29) is 16.5 Å². The molecule has 10 nitrogen and oxygen atoms in total. The molecule has 174 valence electrons. The molecule has 0 aliphatic rings. The van der Waals surface area contributed by atoms with E-state index in [1.807, 2.05) is 0 Å². The van der Waals surface area contributed by atoms with Gasteiger partial charge in [0.2, 0.25) is 5.75 Å². The molecule has 0 spiro atoms. The third kappa shape index (κ3) is 7.09. The Hall–Kier alpha value is -2.86. The summed E-state index contributed by atoms with van der Waals surface area (Å²) in [6.45, 7) is 1.12. The zero-order valence-electron chi connectivity index (χ0n) is 15.9. The van der Waals surface area contributed by atoms with E-state index in [0.29, 0.717) is 6.07 Å². The Morgan fingerprint density at radius 2 is 1.88 bits per heavy atom. The van der Waals surface area contributed by atoms with Crippen molar-refractivity contribution in [2.75, 3.05) is 6.35 Å². The van der Waals surface area contributed by atoms with Crippen LogP contribution >= 0.6 is 19.2 Å². The highest BCUT2D eigenvalue weighted by Crippen LogP contribution is 2.39.